The number of benzene rings is 1. The van der Waals surface area contributed by atoms with Gasteiger partial charge in [0.1, 0.15) is 0 Å². The van der Waals surface area contributed by atoms with Crippen molar-refractivity contribution in [1.29, 1.82) is 0 Å². The Labute approximate surface area is 114 Å². The first-order valence-corrected chi connectivity index (χ1v) is 6.84. The summed E-state index contributed by atoms with van der Waals surface area (Å²) in [5.41, 5.74) is 2.90. The molecule has 106 valence electrons. The van der Waals surface area contributed by atoms with Crippen molar-refractivity contribution < 1.29 is 14.6 Å². The van der Waals surface area contributed by atoms with Crippen molar-refractivity contribution in [2.75, 3.05) is 40.0 Å². The van der Waals surface area contributed by atoms with Crippen LogP contribution < -0.4 is 5.32 Å². The number of rotatable bonds is 9. The quantitative estimate of drug-likeness (QED) is 0.653. The Kier molecular flexibility index (Phi) is 5.79. The molecular weight excluding hydrogens is 242 g/mol. The number of aliphatic hydroxyl groups excluding tert-OH is 1. The molecule has 0 saturated heterocycles. The third-order valence-electron chi connectivity index (χ3n) is 3.47. The summed E-state index contributed by atoms with van der Waals surface area (Å²) in [7, 11) is 1.64. The van der Waals surface area contributed by atoms with E-state index in [9.17, 15) is 5.11 Å². The Bertz CT molecular complexity index is 383. The largest absolute Gasteiger partial charge is 0.389 e. The predicted molar refractivity (Wildman–Crippen MR) is 74.5 cm³/mol. The molecule has 0 aromatic heterocycles. The molecule has 4 nitrogen and oxygen atoms in total. The fourth-order valence-corrected chi connectivity index (χ4v) is 2.39. The second-order valence-electron chi connectivity index (χ2n) is 4.98. The fraction of sp³-hybridized carbons (Fsp3) is 0.600. The molecule has 2 atom stereocenters. The molecule has 2 N–H and O–H groups in total. The molecule has 1 aliphatic rings. The lowest BCUT2D eigenvalue weighted by molar-refractivity contribution is 0.0137. The minimum Gasteiger partial charge on any atom is -0.389 e. The van der Waals surface area contributed by atoms with E-state index in [-0.39, 0.29) is 0 Å². The lowest BCUT2D eigenvalue weighted by Crippen LogP contribution is -2.35. The zero-order valence-corrected chi connectivity index (χ0v) is 11.5. The Morgan fingerprint density at radius 1 is 1.37 bits per heavy atom. The van der Waals surface area contributed by atoms with Gasteiger partial charge < -0.3 is 19.9 Å². The summed E-state index contributed by atoms with van der Waals surface area (Å²) in [4.78, 5) is 0. The Morgan fingerprint density at radius 3 is 3.00 bits per heavy atom. The summed E-state index contributed by atoms with van der Waals surface area (Å²) < 4.78 is 10.1. The second-order valence-corrected chi connectivity index (χ2v) is 4.98. The van der Waals surface area contributed by atoms with Crippen LogP contribution in [0.25, 0.3) is 0 Å². The predicted octanol–water partition coefficient (Wildman–Crippen LogP) is 0.940. The van der Waals surface area contributed by atoms with Crippen molar-refractivity contribution >= 4 is 0 Å². The maximum absolute atomic E-state index is 9.72. The van der Waals surface area contributed by atoms with Gasteiger partial charge in [0.15, 0.2) is 0 Å². The molecule has 1 aromatic carbocycles. The van der Waals surface area contributed by atoms with Crippen LogP contribution in [0.4, 0.5) is 0 Å². The molecule has 2 rings (SSSR count). The topological polar surface area (TPSA) is 50.7 Å². The Morgan fingerprint density at radius 2 is 2.21 bits per heavy atom. The van der Waals surface area contributed by atoms with Gasteiger partial charge in [-0.1, -0.05) is 24.3 Å². The van der Waals surface area contributed by atoms with Crippen LogP contribution in [0.5, 0.6) is 0 Å². The van der Waals surface area contributed by atoms with E-state index in [1.807, 2.05) is 0 Å². The van der Waals surface area contributed by atoms with Gasteiger partial charge in [-0.05, 0) is 17.5 Å². The van der Waals surface area contributed by atoms with Crippen LogP contribution in [0, 0.1) is 0 Å². The molecule has 4 heteroatoms. The Hall–Kier alpha value is -0.940. The molecule has 0 amide bonds. The number of fused-ring (bicyclic) bond motifs is 1. The summed E-state index contributed by atoms with van der Waals surface area (Å²) in [6.45, 7) is 2.96. The van der Waals surface area contributed by atoms with Gasteiger partial charge in [-0.15, -0.1) is 0 Å². The molecule has 19 heavy (non-hydrogen) atoms. The van der Waals surface area contributed by atoms with Crippen molar-refractivity contribution in [1.82, 2.24) is 5.32 Å². The average molecular weight is 265 g/mol. The van der Waals surface area contributed by atoms with Gasteiger partial charge in [0.05, 0.1) is 25.9 Å². The molecule has 1 aromatic rings. The number of hydrogen-bond acceptors (Lipinski definition) is 4. The van der Waals surface area contributed by atoms with E-state index in [1.54, 1.807) is 7.11 Å². The molecule has 0 heterocycles. The van der Waals surface area contributed by atoms with E-state index in [0.29, 0.717) is 32.3 Å². The Balaban J connectivity index is 1.55. The van der Waals surface area contributed by atoms with Crippen LogP contribution in [-0.2, 0) is 15.9 Å². The van der Waals surface area contributed by atoms with E-state index in [4.69, 9.17) is 9.47 Å². The van der Waals surface area contributed by atoms with Crippen molar-refractivity contribution in [3.63, 3.8) is 0 Å². The van der Waals surface area contributed by atoms with Crippen molar-refractivity contribution in [2.24, 2.45) is 0 Å². The van der Waals surface area contributed by atoms with Crippen LogP contribution in [-0.4, -0.2) is 51.2 Å². The molecule has 1 aliphatic carbocycles. The number of nitrogens with one attached hydrogen (secondary N) is 1. The normalized spacial score (nSPS) is 18.7. The monoisotopic (exact) mass is 265 g/mol. The summed E-state index contributed by atoms with van der Waals surface area (Å²) in [5, 5.41) is 13.0. The van der Waals surface area contributed by atoms with Gasteiger partial charge in [0.2, 0.25) is 0 Å². The molecule has 0 aliphatic heterocycles. The fourth-order valence-electron chi connectivity index (χ4n) is 2.39. The van der Waals surface area contributed by atoms with E-state index in [2.05, 4.69) is 29.6 Å². The molecule has 0 bridgehead atoms. The van der Waals surface area contributed by atoms with Gasteiger partial charge in [0.25, 0.3) is 0 Å². The number of aliphatic hydroxyl groups is 1. The molecule has 0 radical (unpaired) electrons. The van der Waals surface area contributed by atoms with Crippen molar-refractivity contribution in [2.45, 2.75) is 18.4 Å². The highest BCUT2D eigenvalue weighted by Crippen LogP contribution is 2.33. The summed E-state index contributed by atoms with van der Waals surface area (Å²) in [5.74, 6) is 0.595. The molecule has 0 saturated carbocycles. The number of hydrogen-bond donors (Lipinski definition) is 2. The smallest absolute Gasteiger partial charge is 0.0897 e. The first kappa shape index (κ1) is 14.5. The maximum Gasteiger partial charge on any atom is 0.0897 e. The molecule has 0 spiro atoms. The van der Waals surface area contributed by atoms with Gasteiger partial charge >= 0.3 is 0 Å². The highest BCUT2D eigenvalue weighted by Gasteiger charge is 2.24. The molecule has 0 fully saturated rings. The molecular formula is C15H23NO3. The standard InChI is InChI=1S/C15H23NO3/c1-18-6-7-19-11-14(17)10-16-9-13-8-12-4-2-3-5-15(12)13/h2-5,13-14,16-17H,6-11H2,1H3. The minimum absolute atomic E-state index is 0.359. The van der Waals surface area contributed by atoms with E-state index >= 15 is 0 Å². The number of methoxy groups -OCH3 is 1. The number of ether oxygens (including phenoxy) is 2. The van der Waals surface area contributed by atoms with Crippen molar-refractivity contribution in [3.8, 4) is 0 Å². The summed E-state index contributed by atoms with van der Waals surface area (Å²) >= 11 is 0. The van der Waals surface area contributed by atoms with Crippen LogP contribution in [0.1, 0.15) is 17.0 Å². The van der Waals surface area contributed by atoms with E-state index in [1.165, 1.54) is 11.1 Å². The minimum atomic E-state index is -0.452. The highest BCUT2D eigenvalue weighted by molar-refractivity contribution is 5.40. The average Bonchev–Trinajstić information content (AvgIpc) is 2.40. The van der Waals surface area contributed by atoms with Gasteiger partial charge in [-0.2, -0.15) is 0 Å². The first-order valence-electron chi connectivity index (χ1n) is 6.84. The van der Waals surface area contributed by atoms with Crippen LogP contribution in [0.15, 0.2) is 24.3 Å². The zero-order chi connectivity index (χ0) is 13.5. The van der Waals surface area contributed by atoms with Gasteiger partial charge in [0, 0.05) is 26.1 Å². The third kappa shape index (κ3) is 4.28. The third-order valence-corrected chi connectivity index (χ3v) is 3.47. The van der Waals surface area contributed by atoms with Crippen LogP contribution in [0.2, 0.25) is 0 Å². The summed E-state index contributed by atoms with van der Waals surface area (Å²) in [6, 6.07) is 8.55. The lowest BCUT2D eigenvalue weighted by Gasteiger charge is -2.30. The first-order chi connectivity index (χ1) is 9.31. The zero-order valence-electron chi connectivity index (χ0n) is 11.5. The van der Waals surface area contributed by atoms with Crippen LogP contribution in [0.3, 0.4) is 0 Å². The van der Waals surface area contributed by atoms with Crippen LogP contribution >= 0.6 is 0 Å². The lowest BCUT2D eigenvalue weighted by atomic mass is 9.77. The summed E-state index contributed by atoms with van der Waals surface area (Å²) in [6.07, 6.45) is 0.691. The van der Waals surface area contributed by atoms with Crippen molar-refractivity contribution in [3.05, 3.63) is 35.4 Å². The van der Waals surface area contributed by atoms with Gasteiger partial charge in [-0.25, -0.2) is 0 Å². The maximum atomic E-state index is 9.72. The second kappa shape index (κ2) is 7.60. The van der Waals surface area contributed by atoms with E-state index in [0.717, 1.165) is 13.0 Å². The van der Waals surface area contributed by atoms with Gasteiger partial charge in [-0.3, -0.25) is 0 Å². The SMILES string of the molecule is COCCOCC(O)CNCC1Cc2ccccc21. The highest BCUT2D eigenvalue weighted by atomic mass is 16.5. The molecule has 2 unspecified atom stereocenters. The van der Waals surface area contributed by atoms with E-state index < -0.39 is 6.10 Å².